The highest BCUT2D eigenvalue weighted by Crippen LogP contribution is 2.22. The first kappa shape index (κ1) is 24.3. The van der Waals surface area contributed by atoms with Crippen LogP contribution in [0.25, 0.3) is 0 Å². The van der Waals surface area contributed by atoms with Crippen molar-refractivity contribution in [3.63, 3.8) is 0 Å². The van der Waals surface area contributed by atoms with Crippen molar-refractivity contribution < 1.29 is 25.2 Å². The quantitative estimate of drug-likeness (QED) is 0.285. The zero-order valence-electron chi connectivity index (χ0n) is 17.5. The second-order valence-corrected chi connectivity index (χ2v) is 7.51. The van der Waals surface area contributed by atoms with E-state index in [0.717, 1.165) is 37.8 Å². The standard InChI is InChI=1S/C24H35NO5/c26-18-21-16-20(10-11-22(21)27)24(29)17-25-13-6-1-2-7-14-30-15-12-23(28)19-8-4-3-5-9-19/h3-5,8-11,16,23-29H,1-2,6-7,12-15,17-18H2. The van der Waals surface area contributed by atoms with Gasteiger partial charge in [0, 0.05) is 31.7 Å². The van der Waals surface area contributed by atoms with E-state index in [-0.39, 0.29) is 12.4 Å². The normalized spacial score (nSPS) is 13.3. The van der Waals surface area contributed by atoms with Gasteiger partial charge in [0.2, 0.25) is 0 Å². The Kier molecular flexibility index (Phi) is 11.4. The number of ether oxygens (including phenoxy) is 1. The molecule has 0 spiro atoms. The number of aliphatic hydroxyl groups excluding tert-OH is 3. The zero-order chi connectivity index (χ0) is 21.6. The van der Waals surface area contributed by atoms with Crippen molar-refractivity contribution in [3.05, 3.63) is 65.2 Å². The SMILES string of the molecule is OCc1cc(C(O)CNCCCCCCOCCC(O)c2ccccc2)ccc1O. The number of phenols is 1. The molecule has 30 heavy (non-hydrogen) atoms. The van der Waals surface area contributed by atoms with Crippen molar-refractivity contribution in [1.82, 2.24) is 5.32 Å². The average Bonchev–Trinajstić information content (AvgIpc) is 2.78. The molecule has 2 rings (SSSR count). The van der Waals surface area contributed by atoms with Gasteiger partial charge in [0.05, 0.1) is 18.8 Å². The van der Waals surface area contributed by atoms with Gasteiger partial charge in [-0.1, -0.05) is 49.2 Å². The van der Waals surface area contributed by atoms with Crippen molar-refractivity contribution in [3.8, 4) is 5.75 Å². The molecule has 0 saturated heterocycles. The molecule has 2 unspecified atom stereocenters. The number of rotatable bonds is 15. The van der Waals surface area contributed by atoms with E-state index < -0.39 is 12.2 Å². The topological polar surface area (TPSA) is 102 Å². The average molecular weight is 418 g/mol. The molecule has 0 amide bonds. The lowest BCUT2D eigenvalue weighted by Gasteiger charge is -2.14. The zero-order valence-corrected chi connectivity index (χ0v) is 17.5. The molecule has 0 radical (unpaired) electrons. The third kappa shape index (κ3) is 8.81. The van der Waals surface area contributed by atoms with E-state index in [1.165, 1.54) is 6.07 Å². The number of hydrogen-bond donors (Lipinski definition) is 5. The maximum absolute atomic E-state index is 10.2. The van der Waals surface area contributed by atoms with Crippen LogP contribution >= 0.6 is 0 Å². The Balaban J connectivity index is 1.44. The predicted molar refractivity (Wildman–Crippen MR) is 117 cm³/mol. The van der Waals surface area contributed by atoms with Crippen molar-refractivity contribution in [2.75, 3.05) is 26.3 Å². The fourth-order valence-electron chi connectivity index (χ4n) is 3.24. The van der Waals surface area contributed by atoms with E-state index in [9.17, 15) is 20.4 Å². The lowest BCUT2D eigenvalue weighted by molar-refractivity contribution is 0.0798. The molecule has 0 heterocycles. The molecule has 5 N–H and O–H groups in total. The van der Waals surface area contributed by atoms with Crippen LogP contribution in [0.4, 0.5) is 0 Å². The fourth-order valence-corrected chi connectivity index (χ4v) is 3.24. The van der Waals surface area contributed by atoms with Gasteiger partial charge in [0.15, 0.2) is 0 Å². The Morgan fingerprint density at radius 1 is 0.833 bits per heavy atom. The molecule has 2 aromatic carbocycles. The van der Waals surface area contributed by atoms with E-state index in [4.69, 9.17) is 4.74 Å². The fraction of sp³-hybridized carbons (Fsp3) is 0.500. The molecule has 0 aliphatic rings. The van der Waals surface area contributed by atoms with Gasteiger partial charge >= 0.3 is 0 Å². The van der Waals surface area contributed by atoms with Crippen LogP contribution in [-0.4, -0.2) is 46.7 Å². The lowest BCUT2D eigenvalue weighted by atomic mass is 10.1. The summed E-state index contributed by atoms with van der Waals surface area (Å²) in [6.45, 7) is 2.28. The van der Waals surface area contributed by atoms with Crippen LogP contribution < -0.4 is 5.32 Å². The van der Waals surface area contributed by atoms with Crippen molar-refractivity contribution >= 4 is 0 Å². The van der Waals surface area contributed by atoms with Gasteiger partial charge in [0.25, 0.3) is 0 Å². The molecule has 166 valence electrons. The van der Waals surface area contributed by atoms with Gasteiger partial charge in [0.1, 0.15) is 5.75 Å². The minimum absolute atomic E-state index is 0.0396. The maximum Gasteiger partial charge on any atom is 0.121 e. The lowest BCUT2D eigenvalue weighted by Crippen LogP contribution is -2.22. The van der Waals surface area contributed by atoms with Gasteiger partial charge in [-0.25, -0.2) is 0 Å². The predicted octanol–water partition coefficient (Wildman–Crippen LogP) is 3.21. The number of unbranched alkanes of at least 4 members (excludes halogenated alkanes) is 3. The summed E-state index contributed by atoms with van der Waals surface area (Å²) in [5.74, 6) is 0.0396. The van der Waals surface area contributed by atoms with Crippen molar-refractivity contribution in [2.24, 2.45) is 0 Å². The summed E-state index contributed by atoms with van der Waals surface area (Å²) in [4.78, 5) is 0. The Morgan fingerprint density at radius 3 is 2.37 bits per heavy atom. The summed E-state index contributed by atoms with van der Waals surface area (Å²) in [5, 5.41) is 42.3. The highest BCUT2D eigenvalue weighted by molar-refractivity contribution is 5.36. The van der Waals surface area contributed by atoms with Crippen molar-refractivity contribution in [1.29, 1.82) is 0 Å². The highest BCUT2D eigenvalue weighted by atomic mass is 16.5. The Labute approximate surface area is 179 Å². The summed E-state index contributed by atoms with van der Waals surface area (Å²) in [6, 6.07) is 14.4. The highest BCUT2D eigenvalue weighted by Gasteiger charge is 2.10. The van der Waals surface area contributed by atoms with Gasteiger partial charge in [-0.3, -0.25) is 0 Å². The number of aromatic hydroxyl groups is 1. The second kappa shape index (κ2) is 14.1. The third-order valence-electron chi connectivity index (χ3n) is 5.11. The van der Waals surface area contributed by atoms with Gasteiger partial charge in [-0.2, -0.15) is 0 Å². The molecule has 0 aliphatic heterocycles. The molecular formula is C24H35NO5. The van der Waals surface area contributed by atoms with Gasteiger partial charge in [-0.05, 0) is 42.6 Å². The second-order valence-electron chi connectivity index (χ2n) is 7.51. The molecule has 2 atom stereocenters. The molecule has 0 aromatic heterocycles. The number of nitrogens with one attached hydrogen (secondary N) is 1. The summed E-state index contributed by atoms with van der Waals surface area (Å²) in [6.07, 6.45) is 3.67. The molecule has 0 fully saturated rings. The van der Waals surface area contributed by atoms with E-state index in [0.29, 0.717) is 37.3 Å². The Morgan fingerprint density at radius 2 is 1.60 bits per heavy atom. The summed E-state index contributed by atoms with van der Waals surface area (Å²) in [5.41, 5.74) is 2.03. The van der Waals surface area contributed by atoms with E-state index in [2.05, 4.69) is 5.32 Å². The molecule has 0 aliphatic carbocycles. The minimum Gasteiger partial charge on any atom is -0.508 e. The molecule has 0 bridgehead atoms. The number of aliphatic hydroxyl groups is 3. The van der Waals surface area contributed by atoms with Crippen LogP contribution in [0.5, 0.6) is 5.75 Å². The van der Waals surface area contributed by atoms with Gasteiger partial charge < -0.3 is 30.5 Å². The number of hydrogen-bond acceptors (Lipinski definition) is 6. The van der Waals surface area contributed by atoms with E-state index in [1.54, 1.807) is 12.1 Å². The molecule has 2 aromatic rings. The summed E-state index contributed by atoms with van der Waals surface area (Å²) in [7, 11) is 0. The first-order valence-corrected chi connectivity index (χ1v) is 10.7. The largest absolute Gasteiger partial charge is 0.508 e. The first-order valence-electron chi connectivity index (χ1n) is 10.7. The van der Waals surface area contributed by atoms with Crippen LogP contribution in [-0.2, 0) is 11.3 Å². The van der Waals surface area contributed by atoms with E-state index >= 15 is 0 Å². The van der Waals surface area contributed by atoms with Crippen molar-refractivity contribution in [2.45, 2.75) is 50.9 Å². The third-order valence-corrected chi connectivity index (χ3v) is 5.11. The van der Waals surface area contributed by atoms with Crippen LogP contribution in [0.3, 0.4) is 0 Å². The molecule has 6 nitrogen and oxygen atoms in total. The smallest absolute Gasteiger partial charge is 0.121 e. The van der Waals surface area contributed by atoms with Crippen LogP contribution in [0.1, 0.15) is 61.0 Å². The Bertz CT molecular complexity index is 710. The van der Waals surface area contributed by atoms with E-state index in [1.807, 2.05) is 30.3 Å². The minimum atomic E-state index is -0.671. The summed E-state index contributed by atoms with van der Waals surface area (Å²) < 4.78 is 5.62. The molecular weight excluding hydrogens is 382 g/mol. The van der Waals surface area contributed by atoms with Crippen LogP contribution in [0.2, 0.25) is 0 Å². The van der Waals surface area contributed by atoms with Crippen LogP contribution in [0, 0.1) is 0 Å². The summed E-state index contributed by atoms with van der Waals surface area (Å²) >= 11 is 0. The number of benzene rings is 2. The van der Waals surface area contributed by atoms with Gasteiger partial charge in [-0.15, -0.1) is 0 Å². The molecule has 6 heteroatoms. The maximum atomic E-state index is 10.2. The molecule has 0 saturated carbocycles. The monoisotopic (exact) mass is 417 g/mol. The van der Waals surface area contributed by atoms with Crippen LogP contribution in [0.15, 0.2) is 48.5 Å². The first-order chi connectivity index (χ1) is 14.6. The Hall–Kier alpha value is -1.96.